The molecule has 240 valence electrons. The molecule has 0 aromatic heterocycles. The fourth-order valence-corrected chi connectivity index (χ4v) is 5.71. The van der Waals surface area contributed by atoms with Crippen molar-refractivity contribution in [3.63, 3.8) is 0 Å². The van der Waals surface area contributed by atoms with Crippen molar-refractivity contribution in [3.05, 3.63) is 132 Å². The number of hydrogen-bond donors (Lipinski definition) is 0. The monoisotopic (exact) mass is 740 g/mol. The molecule has 0 unspecified atom stereocenters. The van der Waals surface area contributed by atoms with Crippen LogP contribution in [0.2, 0.25) is 12.1 Å². The molecular formula is C42H48Cl2SiZr-2. The van der Waals surface area contributed by atoms with E-state index in [1.165, 1.54) is 67.0 Å². The summed E-state index contributed by atoms with van der Waals surface area (Å²) in [6.07, 6.45) is 0. The summed E-state index contributed by atoms with van der Waals surface area (Å²) in [7, 11) is 0. The van der Waals surface area contributed by atoms with Crippen molar-refractivity contribution >= 4 is 27.0 Å². The molecule has 0 heterocycles. The Morgan fingerprint density at radius 3 is 1.11 bits per heavy atom. The van der Waals surface area contributed by atoms with Gasteiger partial charge in [0.2, 0.25) is 0 Å². The van der Waals surface area contributed by atoms with Crippen molar-refractivity contribution in [3.8, 4) is 22.3 Å². The van der Waals surface area contributed by atoms with Crippen LogP contribution in [0.5, 0.6) is 0 Å². The molecule has 0 amide bonds. The number of fused-ring (bicyclic) bond motifs is 2. The predicted octanol–water partition coefficient (Wildman–Crippen LogP) is 6.62. The Morgan fingerprint density at radius 2 is 0.848 bits per heavy atom. The van der Waals surface area contributed by atoms with Crippen molar-refractivity contribution in [2.24, 2.45) is 0 Å². The van der Waals surface area contributed by atoms with E-state index < -0.39 is 0 Å². The molecule has 0 spiro atoms. The van der Waals surface area contributed by atoms with Crippen LogP contribution in [0, 0.1) is 0 Å². The minimum Gasteiger partial charge on any atom is -1.00 e. The van der Waals surface area contributed by atoms with Gasteiger partial charge in [-0.15, -0.1) is 69.1 Å². The van der Waals surface area contributed by atoms with Crippen LogP contribution < -0.4 is 24.8 Å². The largest absolute Gasteiger partial charge is 1.00 e. The molecule has 0 nitrogen and oxygen atoms in total. The van der Waals surface area contributed by atoms with Crippen LogP contribution in [0.15, 0.2) is 121 Å². The van der Waals surface area contributed by atoms with E-state index in [-0.39, 0.29) is 41.1 Å². The van der Waals surface area contributed by atoms with Gasteiger partial charge in [-0.05, 0) is 22.0 Å². The van der Waals surface area contributed by atoms with Crippen LogP contribution in [0.1, 0.15) is 66.5 Å². The molecule has 46 heavy (non-hydrogen) atoms. The first-order chi connectivity index (χ1) is 20.9. The van der Waals surface area contributed by atoms with Crippen LogP contribution in [0.4, 0.5) is 0 Å². The maximum absolute atomic E-state index is 2.30. The standard InChI is InChI=1S/2C19H19.C4H10Si.2ClH.Zr/c2*1-19(2,3)18-10-8-14(9-11-18)17-12-15-6-4-5-7-16(15)13-17;1-3-5-4-2;;;/h2*4-13H,1-3H3;3-4H2,1-2H3;2*1H;/q2*-1;;;;+2/p-2. The normalized spacial score (nSPS) is 11.0. The van der Waals surface area contributed by atoms with Gasteiger partial charge in [-0.1, -0.05) is 138 Å². The van der Waals surface area contributed by atoms with E-state index in [1.807, 2.05) is 0 Å². The van der Waals surface area contributed by atoms with Gasteiger partial charge < -0.3 is 24.8 Å². The summed E-state index contributed by atoms with van der Waals surface area (Å²) in [5, 5.41) is 5.27. The molecule has 0 N–H and O–H groups in total. The van der Waals surface area contributed by atoms with Crippen molar-refractivity contribution in [2.45, 2.75) is 78.3 Å². The summed E-state index contributed by atoms with van der Waals surface area (Å²) in [5.74, 6) is 0. The molecule has 0 bridgehead atoms. The molecule has 6 rings (SSSR count). The molecule has 0 fully saturated rings. The Kier molecular flexibility index (Phi) is 15.5. The van der Waals surface area contributed by atoms with E-state index in [4.69, 9.17) is 0 Å². The second-order valence-electron chi connectivity index (χ2n) is 13.7. The summed E-state index contributed by atoms with van der Waals surface area (Å²) in [4.78, 5) is 0. The second-order valence-corrected chi connectivity index (χ2v) is 21.5. The Labute approximate surface area is 306 Å². The minimum atomic E-state index is 0. The smallest absolute Gasteiger partial charge is 1.00 e. The van der Waals surface area contributed by atoms with Gasteiger partial charge >= 0.3 is 54.7 Å². The van der Waals surface area contributed by atoms with Crippen molar-refractivity contribution in [2.75, 3.05) is 0 Å². The van der Waals surface area contributed by atoms with Gasteiger partial charge in [0.15, 0.2) is 0 Å². The third-order valence-corrected chi connectivity index (χ3v) is 15.2. The average Bonchev–Trinajstić information content (AvgIpc) is 3.65. The maximum Gasteiger partial charge on any atom is -1.00 e. The fourth-order valence-electron chi connectivity index (χ4n) is 5.21. The average molecular weight is 743 g/mol. The molecular weight excluding hydrogens is 695 g/mol. The van der Waals surface area contributed by atoms with Gasteiger partial charge in [0.1, 0.15) is 0 Å². The van der Waals surface area contributed by atoms with E-state index in [0.717, 1.165) is 0 Å². The van der Waals surface area contributed by atoms with Gasteiger partial charge in [-0.2, -0.15) is 0 Å². The van der Waals surface area contributed by atoms with E-state index in [1.54, 1.807) is 23.3 Å². The molecule has 0 radical (unpaired) electrons. The predicted molar refractivity (Wildman–Crippen MR) is 194 cm³/mol. The van der Waals surface area contributed by atoms with Gasteiger partial charge in [-0.3, -0.25) is 0 Å². The maximum atomic E-state index is 2.30. The summed E-state index contributed by atoms with van der Waals surface area (Å²) < 4.78 is 0. The topological polar surface area (TPSA) is 0 Å². The summed E-state index contributed by atoms with van der Waals surface area (Å²) >= 11 is 1.80. The molecule has 0 atom stereocenters. The van der Waals surface area contributed by atoms with Crippen LogP contribution in [-0.2, 0) is 34.2 Å². The van der Waals surface area contributed by atoms with Crippen LogP contribution in [0.3, 0.4) is 0 Å². The first kappa shape index (κ1) is 40.0. The van der Waals surface area contributed by atoms with Crippen molar-refractivity contribution < 1.29 is 48.1 Å². The SMILES string of the molecule is CC(C)(C)c1ccc(-c2cc3ccccc3[cH-]2)cc1.CC(C)(C)c1ccc(-c2cc3ccccc3[cH-]2)cc1.CC[Si](=[Zr+2])CC.[Cl-].[Cl-]. The third kappa shape index (κ3) is 10.9. The number of benzene rings is 4. The zero-order valence-electron chi connectivity index (χ0n) is 28.7. The third-order valence-electron chi connectivity index (χ3n) is 8.26. The van der Waals surface area contributed by atoms with E-state index in [0.29, 0.717) is 0 Å². The molecule has 0 aliphatic rings. The van der Waals surface area contributed by atoms with Crippen LogP contribution in [-0.4, -0.2) is 5.43 Å². The molecule has 0 saturated carbocycles. The van der Waals surface area contributed by atoms with Crippen molar-refractivity contribution in [1.82, 2.24) is 0 Å². The van der Waals surface area contributed by atoms with E-state index in [2.05, 4.69) is 177 Å². The van der Waals surface area contributed by atoms with Crippen LogP contribution in [0.25, 0.3) is 43.8 Å². The zero-order chi connectivity index (χ0) is 31.9. The second kappa shape index (κ2) is 17.8. The molecule has 0 aliphatic carbocycles. The first-order valence-electron chi connectivity index (χ1n) is 16.0. The van der Waals surface area contributed by atoms with E-state index >= 15 is 0 Å². The number of hydrogen-bond acceptors (Lipinski definition) is 0. The summed E-state index contributed by atoms with van der Waals surface area (Å²) in [5.41, 5.74) is 8.63. The quantitative estimate of drug-likeness (QED) is 0.141. The summed E-state index contributed by atoms with van der Waals surface area (Å²) in [6.45, 7) is 18.1. The Balaban J connectivity index is 0.000000263. The molecule has 0 saturated heterocycles. The molecule has 6 aromatic rings. The fraction of sp³-hybridized carbons (Fsp3) is 0.286. The van der Waals surface area contributed by atoms with Gasteiger partial charge in [-0.25, -0.2) is 0 Å². The first-order valence-corrected chi connectivity index (χ1v) is 21.6. The van der Waals surface area contributed by atoms with E-state index in [9.17, 15) is 0 Å². The van der Waals surface area contributed by atoms with Gasteiger partial charge in [0.25, 0.3) is 0 Å². The van der Waals surface area contributed by atoms with Gasteiger partial charge in [0.05, 0.1) is 0 Å². The molecule has 6 aromatic carbocycles. The Morgan fingerprint density at radius 1 is 0.522 bits per heavy atom. The van der Waals surface area contributed by atoms with Gasteiger partial charge in [0, 0.05) is 0 Å². The van der Waals surface area contributed by atoms with Crippen LogP contribution >= 0.6 is 0 Å². The van der Waals surface area contributed by atoms with Crippen molar-refractivity contribution in [1.29, 1.82) is 0 Å². The minimum absolute atomic E-state index is 0. The number of halogens is 2. The Hall–Kier alpha value is -2.22. The molecule has 4 heteroatoms. The molecule has 0 aliphatic heterocycles. The zero-order valence-corrected chi connectivity index (χ0v) is 33.7. The number of rotatable bonds is 4. The summed E-state index contributed by atoms with van der Waals surface area (Å²) in [6, 6.07) is 46.9. The Bertz CT molecular complexity index is 1590.